The van der Waals surface area contributed by atoms with Crippen LogP contribution in [-0.2, 0) is 4.74 Å². The molecule has 0 radical (unpaired) electrons. The van der Waals surface area contributed by atoms with Crippen LogP contribution >= 0.6 is 15.9 Å². The molecule has 0 fully saturated rings. The number of benzene rings is 1. The number of ether oxygens (including phenoxy) is 1. The van der Waals surface area contributed by atoms with Gasteiger partial charge >= 0.3 is 5.97 Å². The fourth-order valence-corrected chi connectivity index (χ4v) is 3.57. The van der Waals surface area contributed by atoms with Crippen LogP contribution in [0, 0.1) is 20.8 Å². The third kappa shape index (κ3) is 3.47. The van der Waals surface area contributed by atoms with Crippen molar-refractivity contribution in [3.63, 3.8) is 0 Å². The second-order valence-corrected chi connectivity index (χ2v) is 7.29. The van der Waals surface area contributed by atoms with Gasteiger partial charge in [-0.1, -0.05) is 15.9 Å². The van der Waals surface area contributed by atoms with Crippen molar-refractivity contribution in [3.05, 3.63) is 56.5 Å². The summed E-state index contributed by atoms with van der Waals surface area (Å²) in [5.74, 6) is -1.17. The summed E-state index contributed by atoms with van der Waals surface area (Å²) in [5, 5.41) is 0.796. The number of halogens is 1. The minimum Gasteiger partial charge on any atom is -0.451 e. The highest BCUT2D eigenvalue weighted by molar-refractivity contribution is 9.10. The number of aromatic nitrogens is 1. The predicted molar refractivity (Wildman–Crippen MR) is 104 cm³/mol. The van der Waals surface area contributed by atoms with Crippen LogP contribution in [0.2, 0.25) is 0 Å². The monoisotopic (exact) mass is 431 g/mol. The number of nitrogens with one attached hydrogen (secondary N) is 1. The van der Waals surface area contributed by atoms with E-state index in [-0.39, 0.29) is 17.2 Å². The Hall–Kier alpha value is -2.67. The van der Waals surface area contributed by atoms with Gasteiger partial charge in [-0.3, -0.25) is 9.59 Å². The van der Waals surface area contributed by atoms with Crippen molar-refractivity contribution in [2.24, 2.45) is 0 Å². The number of Topliss-reactive ketones (excluding diaryl/α,β-unsaturated/α-hetero) is 2. The lowest BCUT2D eigenvalue weighted by atomic mass is 10.1. The van der Waals surface area contributed by atoms with Crippen LogP contribution in [0.3, 0.4) is 0 Å². The van der Waals surface area contributed by atoms with Gasteiger partial charge in [0.1, 0.15) is 5.58 Å². The highest BCUT2D eigenvalue weighted by Gasteiger charge is 2.23. The lowest BCUT2D eigenvalue weighted by Crippen LogP contribution is -2.15. The van der Waals surface area contributed by atoms with Crippen LogP contribution in [-0.4, -0.2) is 29.1 Å². The molecule has 3 rings (SSSR count). The normalized spacial score (nSPS) is 11.0. The third-order valence-corrected chi connectivity index (χ3v) is 4.98. The second-order valence-electron chi connectivity index (χ2n) is 6.38. The molecule has 0 saturated carbocycles. The van der Waals surface area contributed by atoms with Crippen LogP contribution in [0.1, 0.15) is 55.1 Å². The highest BCUT2D eigenvalue weighted by atomic mass is 79.9. The molecule has 0 saturated heterocycles. The maximum Gasteiger partial charge on any atom is 0.375 e. The summed E-state index contributed by atoms with van der Waals surface area (Å²) < 4.78 is 11.6. The van der Waals surface area contributed by atoms with Crippen molar-refractivity contribution in [1.29, 1.82) is 0 Å². The summed E-state index contributed by atoms with van der Waals surface area (Å²) in [7, 11) is 0. The lowest BCUT2D eigenvalue weighted by molar-refractivity contribution is 0.0444. The van der Waals surface area contributed by atoms with Crippen molar-refractivity contribution in [3.8, 4) is 0 Å². The Morgan fingerprint density at radius 1 is 1.15 bits per heavy atom. The lowest BCUT2D eigenvalue weighted by Gasteiger charge is -2.03. The molecule has 3 aromatic rings. The van der Waals surface area contributed by atoms with Crippen molar-refractivity contribution < 1.29 is 23.5 Å². The van der Waals surface area contributed by atoms with Gasteiger partial charge in [0.05, 0.1) is 5.69 Å². The van der Waals surface area contributed by atoms with Crippen molar-refractivity contribution >= 4 is 44.4 Å². The fraction of sp³-hybridized carbons (Fsp3) is 0.250. The molecular weight excluding hydrogens is 414 g/mol. The Morgan fingerprint density at radius 3 is 2.48 bits per heavy atom. The maximum atomic E-state index is 12.4. The predicted octanol–water partition coefficient (Wildman–Crippen LogP) is 4.69. The van der Waals surface area contributed by atoms with Gasteiger partial charge in [0.15, 0.2) is 12.4 Å². The third-order valence-electron chi connectivity index (χ3n) is 4.49. The Morgan fingerprint density at radius 2 is 1.85 bits per heavy atom. The molecule has 0 aliphatic rings. The molecule has 0 unspecified atom stereocenters. The molecule has 0 bridgehead atoms. The van der Waals surface area contributed by atoms with E-state index in [1.165, 1.54) is 6.92 Å². The number of hydrogen-bond donors (Lipinski definition) is 1. The number of furan rings is 1. The largest absolute Gasteiger partial charge is 0.451 e. The molecule has 6 nitrogen and oxygen atoms in total. The Kier molecular flexibility index (Phi) is 5.06. The molecular formula is C20H18BrNO5. The zero-order valence-corrected chi connectivity index (χ0v) is 16.9. The number of hydrogen-bond acceptors (Lipinski definition) is 5. The summed E-state index contributed by atoms with van der Waals surface area (Å²) in [5.41, 5.74) is 3.16. The van der Waals surface area contributed by atoms with Crippen LogP contribution in [0.25, 0.3) is 11.0 Å². The van der Waals surface area contributed by atoms with Gasteiger partial charge in [0.25, 0.3) is 0 Å². The standard InChI is InChI=1S/C20H18BrNO5/c1-9-14-7-13(21)5-6-16(14)27-19(9)20(25)26-8-15(24)18-10(2)17(12(4)23)11(3)22-18/h5-7,22H,8H2,1-4H3. The van der Waals surface area contributed by atoms with Gasteiger partial charge in [-0.05, 0) is 51.5 Å². The van der Waals surface area contributed by atoms with Crippen molar-refractivity contribution in [2.45, 2.75) is 27.7 Å². The fourth-order valence-electron chi connectivity index (χ4n) is 3.21. The van der Waals surface area contributed by atoms with E-state index in [4.69, 9.17) is 9.15 Å². The number of carbonyl (C=O) groups excluding carboxylic acids is 3. The highest BCUT2D eigenvalue weighted by Crippen LogP contribution is 2.28. The summed E-state index contributed by atoms with van der Waals surface area (Å²) in [6, 6.07) is 5.42. The first-order valence-electron chi connectivity index (χ1n) is 8.29. The molecule has 2 heterocycles. The van der Waals surface area contributed by atoms with E-state index in [1.807, 2.05) is 12.1 Å². The topological polar surface area (TPSA) is 89.4 Å². The van der Waals surface area contributed by atoms with Gasteiger partial charge in [-0.25, -0.2) is 4.79 Å². The SMILES string of the molecule is CC(=O)c1c(C)[nH]c(C(=O)COC(=O)c2oc3ccc(Br)cc3c2C)c1C. The molecule has 140 valence electrons. The van der Waals surface area contributed by atoms with E-state index in [1.54, 1.807) is 26.8 Å². The summed E-state index contributed by atoms with van der Waals surface area (Å²) in [4.78, 5) is 39.4. The van der Waals surface area contributed by atoms with E-state index in [0.717, 1.165) is 9.86 Å². The average molecular weight is 432 g/mol. The van der Waals surface area contributed by atoms with Gasteiger partial charge in [-0.2, -0.15) is 0 Å². The number of H-pyrrole nitrogens is 1. The quantitative estimate of drug-likeness (QED) is 0.467. The first kappa shape index (κ1) is 19.1. The molecule has 0 aliphatic heterocycles. The zero-order valence-electron chi connectivity index (χ0n) is 15.4. The molecule has 0 atom stereocenters. The first-order chi connectivity index (χ1) is 12.7. The van der Waals surface area contributed by atoms with E-state index in [9.17, 15) is 14.4 Å². The van der Waals surface area contributed by atoms with Crippen LogP contribution in [0.15, 0.2) is 27.1 Å². The minimum atomic E-state index is -0.708. The van der Waals surface area contributed by atoms with Crippen LogP contribution < -0.4 is 0 Å². The van der Waals surface area contributed by atoms with E-state index < -0.39 is 18.4 Å². The smallest absolute Gasteiger partial charge is 0.375 e. The second kappa shape index (κ2) is 7.15. The van der Waals surface area contributed by atoms with Gasteiger partial charge in [0, 0.05) is 26.7 Å². The van der Waals surface area contributed by atoms with Crippen molar-refractivity contribution in [1.82, 2.24) is 4.98 Å². The molecule has 0 spiro atoms. The number of aryl methyl sites for hydroxylation is 2. The van der Waals surface area contributed by atoms with Crippen molar-refractivity contribution in [2.75, 3.05) is 6.61 Å². The number of esters is 1. The molecule has 7 heteroatoms. The minimum absolute atomic E-state index is 0.0692. The maximum absolute atomic E-state index is 12.4. The van der Waals surface area contributed by atoms with Crippen LogP contribution in [0.5, 0.6) is 0 Å². The Balaban J connectivity index is 1.78. The molecule has 1 N–H and O–H groups in total. The number of carbonyl (C=O) groups is 3. The summed E-state index contributed by atoms with van der Waals surface area (Å²) in [6.07, 6.45) is 0. The molecule has 27 heavy (non-hydrogen) atoms. The summed E-state index contributed by atoms with van der Waals surface area (Å²) in [6.45, 7) is 6.17. The van der Waals surface area contributed by atoms with Crippen LogP contribution in [0.4, 0.5) is 0 Å². The van der Waals surface area contributed by atoms with E-state index in [2.05, 4.69) is 20.9 Å². The number of ketones is 2. The van der Waals surface area contributed by atoms with Gasteiger partial charge in [-0.15, -0.1) is 0 Å². The molecule has 0 aliphatic carbocycles. The molecule has 0 amide bonds. The molecule has 1 aromatic carbocycles. The van der Waals surface area contributed by atoms with E-state index >= 15 is 0 Å². The number of fused-ring (bicyclic) bond motifs is 1. The number of rotatable bonds is 5. The summed E-state index contributed by atoms with van der Waals surface area (Å²) >= 11 is 3.38. The van der Waals surface area contributed by atoms with Gasteiger partial charge < -0.3 is 14.1 Å². The Labute approximate surface area is 164 Å². The van der Waals surface area contributed by atoms with Gasteiger partial charge in [0.2, 0.25) is 11.5 Å². The zero-order chi connectivity index (χ0) is 19.9. The number of aromatic amines is 1. The first-order valence-corrected chi connectivity index (χ1v) is 9.09. The molecule has 2 aromatic heterocycles. The Bertz CT molecular complexity index is 1090. The average Bonchev–Trinajstić information content (AvgIpc) is 3.09. The van der Waals surface area contributed by atoms with E-state index in [0.29, 0.717) is 28.0 Å².